The van der Waals surface area contributed by atoms with Crippen molar-refractivity contribution >= 4 is 32.6 Å². The Hall–Kier alpha value is 0.470. The molecule has 11 heteroatoms. The number of thiocarbonyl (C=S) groups is 1. The molecule has 0 aliphatic rings. The van der Waals surface area contributed by atoms with Crippen molar-refractivity contribution in [3.63, 3.8) is 0 Å². The Balaban J connectivity index is 4.46. The molecule has 0 saturated carbocycles. The first-order valence-electron chi connectivity index (χ1n) is 3.55. The maximum absolute atomic E-state index is 10.6. The number of rotatable bonds is 5. The van der Waals surface area contributed by atoms with Gasteiger partial charge in [0.1, 0.15) is 5.78 Å². The Bertz CT molecular complexity index is 285. The molecule has 0 spiro atoms. The third kappa shape index (κ3) is 5.37. The van der Waals surface area contributed by atoms with E-state index in [1.165, 1.54) is 0 Å². The molecule has 0 saturated heterocycles. The summed E-state index contributed by atoms with van der Waals surface area (Å²) in [5.41, 5.74) is 5.04. The standard InChI is InChI=1S/C4H11NO7P2S/c5-3(13(7,8)9)1-2(15)4(6)14(10,11)12/h3-4,6,10-12H,1,5H2,(H-,7,8,9)/p+1. The summed E-state index contributed by atoms with van der Waals surface area (Å²) in [7, 11) is -9.12. The second kappa shape index (κ2) is 5.20. The summed E-state index contributed by atoms with van der Waals surface area (Å²) in [6, 6.07) is 0. The molecule has 8 N–H and O–H groups in total. The summed E-state index contributed by atoms with van der Waals surface area (Å²) in [6.45, 7) is 0. The molecule has 90 valence electrons. The molecule has 0 rings (SSSR count). The van der Waals surface area contributed by atoms with Gasteiger partial charge in [-0.05, 0) is 0 Å². The smallest absolute Gasteiger partial charge is 0.349 e. The van der Waals surface area contributed by atoms with Crippen LogP contribution in [0.25, 0.3) is 0 Å². The van der Waals surface area contributed by atoms with Gasteiger partial charge in [-0.1, -0.05) is 12.2 Å². The van der Waals surface area contributed by atoms with Gasteiger partial charge in [-0.2, -0.15) is 14.7 Å². The monoisotopic (exact) mass is 280 g/mol. The third-order valence-electron chi connectivity index (χ3n) is 1.46. The summed E-state index contributed by atoms with van der Waals surface area (Å²) in [5.74, 6) is -3.77. The minimum absolute atomic E-state index is 0.522. The molecule has 0 fully saturated rings. The topological polar surface area (TPSA) is 164 Å². The van der Waals surface area contributed by atoms with Crippen molar-refractivity contribution < 1.29 is 34.1 Å². The first-order chi connectivity index (χ1) is 6.46. The lowest BCUT2D eigenvalue weighted by atomic mass is 10.3. The maximum atomic E-state index is 10.6. The molecular formula is C4H12NO7P2S+. The molecule has 15 heavy (non-hydrogen) atoms. The molecule has 0 aromatic carbocycles. The molecule has 0 radical (unpaired) electrons. The molecular weight excluding hydrogens is 268 g/mol. The first-order valence-corrected chi connectivity index (χ1v) is 7.35. The highest BCUT2D eigenvalue weighted by atomic mass is 32.1. The Morgan fingerprint density at radius 3 is 2.07 bits per heavy atom. The van der Waals surface area contributed by atoms with Crippen LogP contribution >= 0.6 is 27.8 Å². The molecule has 0 bridgehead atoms. The van der Waals surface area contributed by atoms with Crippen LogP contribution in [0.15, 0.2) is 0 Å². The van der Waals surface area contributed by atoms with E-state index in [0.29, 0.717) is 0 Å². The fourth-order valence-corrected chi connectivity index (χ4v) is 2.28. The van der Waals surface area contributed by atoms with Crippen LogP contribution in [0.4, 0.5) is 0 Å². The zero-order chi connectivity index (χ0) is 12.4. The average molecular weight is 280 g/mol. The Morgan fingerprint density at radius 1 is 1.40 bits per heavy atom. The highest BCUT2D eigenvalue weighted by molar-refractivity contribution is 7.82. The van der Waals surface area contributed by atoms with Crippen LogP contribution in [0.3, 0.4) is 0 Å². The largest absolute Gasteiger partial charge is 0.440 e. The highest BCUT2D eigenvalue weighted by Crippen LogP contribution is 2.50. The molecule has 2 unspecified atom stereocenters. The van der Waals surface area contributed by atoms with Crippen molar-refractivity contribution in [2.45, 2.75) is 18.0 Å². The van der Waals surface area contributed by atoms with Gasteiger partial charge in [-0.15, -0.1) is 0 Å². The quantitative estimate of drug-likeness (QED) is 0.229. The lowest BCUT2D eigenvalue weighted by molar-refractivity contribution is 0.225. The Kier molecular flexibility index (Phi) is 5.36. The van der Waals surface area contributed by atoms with Crippen LogP contribution < -0.4 is 5.73 Å². The predicted octanol–water partition coefficient (Wildman–Crippen LogP) is -1.73. The number of hydrogen-bond acceptors (Lipinski definition) is 7. The van der Waals surface area contributed by atoms with E-state index in [9.17, 15) is 4.57 Å². The molecule has 0 aliphatic carbocycles. The van der Waals surface area contributed by atoms with E-state index in [4.69, 9.17) is 35.3 Å². The van der Waals surface area contributed by atoms with Gasteiger partial charge in [0.2, 0.25) is 0 Å². The Labute approximate surface area is 91.1 Å². The van der Waals surface area contributed by atoms with E-state index in [1.807, 2.05) is 0 Å². The molecule has 2 atom stereocenters. The zero-order valence-corrected chi connectivity index (χ0v) is 9.94. The predicted molar refractivity (Wildman–Crippen MR) is 56.8 cm³/mol. The summed E-state index contributed by atoms with van der Waals surface area (Å²) in [6.07, 6.45) is -0.607. The summed E-state index contributed by atoms with van der Waals surface area (Å²) >= 11 is 4.44. The van der Waals surface area contributed by atoms with Gasteiger partial charge >= 0.3 is 15.5 Å². The average Bonchev–Trinajstić information content (AvgIpc) is 1.99. The van der Waals surface area contributed by atoms with Gasteiger partial charge in [0.05, 0.1) is 4.86 Å². The van der Waals surface area contributed by atoms with Gasteiger partial charge in [-0.25, -0.2) is 0 Å². The molecule has 0 aromatic heterocycles. The maximum Gasteiger partial charge on any atom is 0.440 e. The minimum atomic E-state index is -4.57. The van der Waals surface area contributed by atoms with Crippen molar-refractivity contribution in [3.8, 4) is 0 Å². The van der Waals surface area contributed by atoms with Crippen molar-refractivity contribution in [1.29, 1.82) is 0 Å². The van der Waals surface area contributed by atoms with E-state index >= 15 is 0 Å². The number of hydrogen-bond donors (Lipinski definition) is 7. The van der Waals surface area contributed by atoms with Crippen LogP contribution in [0.1, 0.15) is 6.42 Å². The summed E-state index contributed by atoms with van der Waals surface area (Å²) in [5, 5.41) is 9.02. The van der Waals surface area contributed by atoms with Crippen LogP contribution in [-0.2, 0) is 4.57 Å². The van der Waals surface area contributed by atoms with Crippen LogP contribution in [0.5, 0.6) is 0 Å². The number of aliphatic hydroxyl groups excluding tert-OH is 1. The highest BCUT2D eigenvalue weighted by Gasteiger charge is 2.45. The molecule has 8 nitrogen and oxygen atoms in total. The van der Waals surface area contributed by atoms with Gasteiger partial charge in [0, 0.05) is 6.42 Å². The second-order valence-electron chi connectivity index (χ2n) is 2.82. The van der Waals surface area contributed by atoms with Gasteiger partial charge in [0.15, 0.2) is 0 Å². The van der Waals surface area contributed by atoms with Crippen molar-refractivity contribution in [1.82, 2.24) is 0 Å². The second-order valence-corrected chi connectivity index (χ2v) is 6.90. The lowest BCUT2D eigenvalue weighted by Gasteiger charge is -2.16. The SMILES string of the molecule is NC(CC(=S)C(O)[P+](O)(O)O)P(=O)(O)O. The lowest BCUT2D eigenvalue weighted by Crippen LogP contribution is -2.30. The number of nitrogens with two attached hydrogens (primary N) is 1. The molecule has 0 aromatic rings. The first kappa shape index (κ1) is 15.5. The number of aliphatic hydroxyl groups is 1. The van der Waals surface area contributed by atoms with Crippen molar-refractivity contribution in [2.75, 3.05) is 0 Å². The Morgan fingerprint density at radius 2 is 1.80 bits per heavy atom. The summed E-state index contributed by atoms with van der Waals surface area (Å²) < 4.78 is 10.6. The fraction of sp³-hybridized carbons (Fsp3) is 0.750. The molecule has 0 amide bonds. The van der Waals surface area contributed by atoms with Gasteiger partial charge < -0.3 is 20.6 Å². The molecule has 0 heterocycles. The zero-order valence-electron chi connectivity index (χ0n) is 7.33. The minimum Gasteiger partial charge on any atom is -0.349 e. The normalized spacial score (nSPS) is 17.3. The van der Waals surface area contributed by atoms with E-state index in [1.54, 1.807) is 0 Å². The fourth-order valence-electron chi connectivity index (χ4n) is 0.624. The van der Waals surface area contributed by atoms with Crippen LogP contribution in [0, 0.1) is 0 Å². The van der Waals surface area contributed by atoms with E-state index < -0.39 is 38.5 Å². The van der Waals surface area contributed by atoms with Gasteiger partial charge in [-0.3, -0.25) is 4.57 Å². The van der Waals surface area contributed by atoms with E-state index in [2.05, 4.69) is 12.2 Å². The van der Waals surface area contributed by atoms with Crippen LogP contribution in [0.2, 0.25) is 0 Å². The van der Waals surface area contributed by atoms with E-state index in [0.717, 1.165) is 0 Å². The summed E-state index contributed by atoms with van der Waals surface area (Å²) in [4.78, 5) is 42.5. The van der Waals surface area contributed by atoms with E-state index in [-0.39, 0.29) is 0 Å². The van der Waals surface area contributed by atoms with Gasteiger partial charge in [0.25, 0.3) is 5.85 Å². The third-order valence-corrected chi connectivity index (χ3v) is 4.04. The van der Waals surface area contributed by atoms with Crippen LogP contribution in [-0.4, -0.2) is 46.1 Å². The van der Waals surface area contributed by atoms with Crippen molar-refractivity contribution in [3.05, 3.63) is 0 Å². The van der Waals surface area contributed by atoms with Crippen molar-refractivity contribution in [2.24, 2.45) is 5.73 Å². The molecule has 0 aliphatic heterocycles.